The van der Waals surface area contributed by atoms with Gasteiger partial charge in [-0.2, -0.15) is 0 Å². The maximum absolute atomic E-state index is 11.9. The Kier molecular flexibility index (Phi) is 4.93. The second kappa shape index (κ2) is 5.21. The van der Waals surface area contributed by atoms with E-state index in [2.05, 4.69) is 0 Å². The van der Waals surface area contributed by atoms with Crippen LogP contribution in [-0.2, 0) is 4.79 Å². The molecule has 0 aliphatic heterocycles. The van der Waals surface area contributed by atoms with Crippen LogP contribution < -0.4 is 11.5 Å². The molecule has 1 atom stereocenters. The zero-order valence-electron chi connectivity index (χ0n) is 8.46. The van der Waals surface area contributed by atoms with Gasteiger partial charge in [0.25, 0.3) is 6.43 Å². The van der Waals surface area contributed by atoms with E-state index in [9.17, 15) is 13.6 Å². The Morgan fingerprint density at radius 1 is 1.57 bits per heavy atom. The van der Waals surface area contributed by atoms with Crippen LogP contribution in [0.25, 0.3) is 0 Å². The molecule has 0 radical (unpaired) electrons. The predicted octanol–water partition coefficient (Wildman–Crippen LogP) is -0.224. The zero-order chi connectivity index (χ0) is 11.4. The number of amides is 1. The van der Waals surface area contributed by atoms with Crippen LogP contribution >= 0.6 is 0 Å². The molecular formula is C8H17F2N3O. The molecule has 0 fully saturated rings. The fourth-order valence-corrected chi connectivity index (χ4v) is 0.873. The van der Waals surface area contributed by atoms with Gasteiger partial charge in [0.15, 0.2) is 0 Å². The number of hydrogen-bond donors (Lipinski definition) is 2. The Hall–Kier alpha value is -0.750. The Balaban J connectivity index is 3.87. The van der Waals surface area contributed by atoms with E-state index < -0.39 is 17.9 Å². The van der Waals surface area contributed by atoms with Crippen LogP contribution in [0.3, 0.4) is 0 Å². The van der Waals surface area contributed by atoms with Crippen molar-refractivity contribution in [3.8, 4) is 0 Å². The van der Waals surface area contributed by atoms with E-state index >= 15 is 0 Å². The van der Waals surface area contributed by atoms with Gasteiger partial charge in [0, 0.05) is 6.54 Å². The highest BCUT2D eigenvalue weighted by molar-refractivity contribution is 5.83. The summed E-state index contributed by atoms with van der Waals surface area (Å²) in [6.45, 7) is 1.49. The lowest BCUT2D eigenvalue weighted by Gasteiger charge is -2.24. The summed E-state index contributed by atoms with van der Waals surface area (Å²) in [6.07, 6.45) is -2.11. The van der Waals surface area contributed by atoms with Crippen molar-refractivity contribution >= 4 is 5.91 Å². The first-order valence-corrected chi connectivity index (χ1v) is 4.31. The molecule has 0 aromatic heterocycles. The quantitative estimate of drug-likeness (QED) is 0.635. The van der Waals surface area contributed by atoms with Gasteiger partial charge in [-0.05, 0) is 20.4 Å². The normalized spacial score (nSPS) is 15.9. The standard InChI is InChI=1S/C8H17F2N3O/c1-8(12,7(11)14)3-4-13(2)5-6(9)10/h6H,3-5,12H2,1-2H3,(H2,11,14). The third-order valence-electron chi connectivity index (χ3n) is 2.03. The Morgan fingerprint density at radius 2 is 2.07 bits per heavy atom. The van der Waals surface area contributed by atoms with Crippen LogP contribution in [-0.4, -0.2) is 42.9 Å². The number of hydrogen-bond acceptors (Lipinski definition) is 3. The second-order valence-corrected chi connectivity index (χ2v) is 3.69. The van der Waals surface area contributed by atoms with E-state index in [1.165, 1.54) is 11.8 Å². The minimum absolute atomic E-state index is 0.269. The van der Waals surface area contributed by atoms with Gasteiger partial charge in [0.1, 0.15) is 0 Å². The van der Waals surface area contributed by atoms with Gasteiger partial charge in [-0.3, -0.25) is 4.79 Å². The molecule has 4 nitrogen and oxygen atoms in total. The van der Waals surface area contributed by atoms with Crippen LogP contribution in [0.1, 0.15) is 13.3 Å². The van der Waals surface area contributed by atoms with Crippen LogP contribution in [0.5, 0.6) is 0 Å². The van der Waals surface area contributed by atoms with Crippen LogP contribution in [0.4, 0.5) is 8.78 Å². The van der Waals surface area contributed by atoms with Crippen molar-refractivity contribution in [3.63, 3.8) is 0 Å². The highest BCUT2D eigenvalue weighted by atomic mass is 19.3. The third-order valence-corrected chi connectivity index (χ3v) is 2.03. The fraction of sp³-hybridized carbons (Fsp3) is 0.875. The van der Waals surface area contributed by atoms with Gasteiger partial charge in [0.2, 0.25) is 5.91 Å². The summed E-state index contributed by atoms with van der Waals surface area (Å²) in [5.74, 6) is -0.622. The van der Waals surface area contributed by atoms with Crippen molar-refractivity contribution < 1.29 is 13.6 Å². The van der Waals surface area contributed by atoms with Gasteiger partial charge in [0.05, 0.1) is 12.1 Å². The van der Waals surface area contributed by atoms with Gasteiger partial charge >= 0.3 is 0 Å². The number of primary amides is 1. The largest absolute Gasteiger partial charge is 0.368 e. The Labute approximate surface area is 82.2 Å². The van der Waals surface area contributed by atoms with Crippen LogP contribution in [0.2, 0.25) is 0 Å². The highest BCUT2D eigenvalue weighted by Gasteiger charge is 2.25. The molecule has 1 amide bonds. The zero-order valence-corrected chi connectivity index (χ0v) is 8.46. The van der Waals surface area contributed by atoms with Gasteiger partial charge in [-0.1, -0.05) is 0 Å². The van der Waals surface area contributed by atoms with Crippen molar-refractivity contribution in [2.75, 3.05) is 20.1 Å². The van der Waals surface area contributed by atoms with Crippen LogP contribution in [0.15, 0.2) is 0 Å². The smallest absolute Gasteiger partial charge is 0.251 e. The van der Waals surface area contributed by atoms with E-state index in [0.29, 0.717) is 6.54 Å². The molecule has 14 heavy (non-hydrogen) atoms. The van der Waals surface area contributed by atoms with Crippen molar-refractivity contribution in [2.45, 2.75) is 25.3 Å². The lowest BCUT2D eigenvalue weighted by Crippen LogP contribution is -2.51. The third kappa shape index (κ3) is 5.08. The molecule has 0 rings (SSSR count). The Morgan fingerprint density at radius 3 is 2.43 bits per heavy atom. The number of nitrogens with zero attached hydrogens (tertiary/aromatic N) is 1. The molecular weight excluding hydrogens is 192 g/mol. The van der Waals surface area contributed by atoms with Crippen molar-refractivity contribution in [1.29, 1.82) is 0 Å². The molecule has 0 aromatic rings. The SMILES string of the molecule is CN(CCC(C)(N)C(N)=O)CC(F)F. The summed E-state index contributed by atoms with van der Waals surface area (Å²) < 4.78 is 23.8. The van der Waals surface area contributed by atoms with Gasteiger partial charge in [-0.25, -0.2) is 8.78 Å². The number of rotatable bonds is 6. The average Bonchev–Trinajstić information content (AvgIpc) is 1.99. The van der Waals surface area contributed by atoms with E-state index in [1.54, 1.807) is 7.05 Å². The molecule has 84 valence electrons. The molecule has 0 heterocycles. The molecule has 0 aliphatic carbocycles. The fourth-order valence-electron chi connectivity index (χ4n) is 0.873. The van der Waals surface area contributed by atoms with Crippen molar-refractivity contribution in [2.24, 2.45) is 11.5 Å². The molecule has 0 aliphatic rings. The summed E-state index contributed by atoms with van der Waals surface area (Å²) in [5.41, 5.74) is 9.45. The summed E-state index contributed by atoms with van der Waals surface area (Å²) in [7, 11) is 1.54. The van der Waals surface area contributed by atoms with Crippen LogP contribution in [0, 0.1) is 0 Å². The number of carbonyl (C=O) groups excluding carboxylic acids is 1. The van der Waals surface area contributed by atoms with Gasteiger partial charge < -0.3 is 16.4 Å². The number of alkyl halides is 2. The highest BCUT2D eigenvalue weighted by Crippen LogP contribution is 2.06. The number of nitrogens with two attached hydrogens (primary N) is 2. The lowest BCUT2D eigenvalue weighted by molar-refractivity contribution is -0.122. The van der Waals surface area contributed by atoms with E-state index in [1.807, 2.05) is 0 Å². The van der Waals surface area contributed by atoms with Gasteiger partial charge in [-0.15, -0.1) is 0 Å². The molecule has 0 saturated heterocycles. The first-order chi connectivity index (χ1) is 6.25. The lowest BCUT2D eigenvalue weighted by atomic mass is 9.98. The minimum atomic E-state index is -2.38. The Bertz CT molecular complexity index is 197. The second-order valence-electron chi connectivity index (χ2n) is 3.69. The van der Waals surface area contributed by atoms with Crippen molar-refractivity contribution in [1.82, 2.24) is 4.90 Å². The van der Waals surface area contributed by atoms with E-state index in [0.717, 1.165) is 0 Å². The summed E-state index contributed by atoms with van der Waals surface area (Å²) in [5, 5.41) is 0. The maximum Gasteiger partial charge on any atom is 0.251 e. The molecule has 0 saturated carbocycles. The average molecular weight is 209 g/mol. The first kappa shape index (κ1) is 13.2. The minimum Gasteiger partial charge on any atom is -0.368 e. The molecule has 0 aromatic carbocycles. The molecule has 0 bridgehead atoms. The monoisotopic (exact) mass is 209 g/mol. The topological polar surface area (TPSA) is 72.3 Å². The molecule has 1 unspecified atom stereocenters. The number of halogens is 2. The summed E-state index contributed by atoms with van der Waals surface area (Å²) in [4.78, 5) is 12.2. The van der Waals surface area contributed by atoms with E-state index in [4.69, 9.17) is 11.5 Å². The van der Waals surface area contributed by atoms with E-state index in [-0.39, 0.29) is 13.0 Å². The van der Waals surface area contributed by atoms with Crippen molar-refractivity contribution in [3.05, 3.63) is 0 Å². The summed E-state index contributed by atoms with van der Waals surface area (Å²) in [6, 6.07) is 0. The first-order valence-electron chi connectivity index (χ1n) is 4.31. The molecule has 6 heteroatoms. The summed E-state index contributed by atoms with van der Waals surface area (Å²) >= 11 is 0. The molecule has 0 spiro atoms. The maximum atomic E-state index is 11.9. The number of carbonyl (C=O) groups is 1. The molecule has 4 N–H and O–H groups in total. The predicted molar refractivity (Wildman–Crippen MR) is 49.9 cm³/mol.